The van der Waals surface area contributed by atoms with Crippen molar-refractivity contribution in [2.24, 2.45) is 0 Å². The van der Waals surface area contributed by atoms with Crippen LogP contribution in [0.3, 0.4) is 0 Å². The topological polar surface area (TPSA) is 18.5 Å². The van der Waals surface area contributed by atoms with Gasteiger partial charge in [0.15, 0.2) is 11.5 Å². The molecule has 0 aliphatic carbocycles. The fourth-order valence-electron chi connectivity index (χ4n) is 1.21. The van der Waals surface area contributed by atoms with Gasteiger partial charge in [0.05, 0.1) is 13.7 Å². The summed E-state index contributed by atoms with van der Waals surface area (Å²) >= 11 is 0. The first kappa shape index (κ1) is 14.6. The van der Waals surface area contributed by atoms with Crippen LogP contribution in [0.15, 0.2) is 24.8 Å². The Morgan fingerprint density at radius 2 is 1.88 bits per heavy atom. The van der Waals surface area contributed by atoms with Crippen molar-refractivity contribution in [3.63, 3.8) is 0 Å². The Morgan fingerprint density at radius 3 is 2.31 bits per heavy atom. The Hall–Kier alpha value is -1.44. The molecule has 0 aliphatic heterocycles. The van der Waals surface area contributed by atoms with Crippen molar-refractivity contribution in [3.05, 3.63) is 30.3 Å². The quantitative estimate of drug-likeness (QED) is 0.761. The van der Waals surface area contributed by atoms with Crippen molar-refractivity contribution in [1.29, 1.82) is 0 Å². The number of methoxy groups -OCH3 is 1. The Kier molecular flexibility index (Phi) is 7.10. The number of hydrogen-bond acceptors (Lipinski definition) is 2. The van der Waals surface area contributed by atoms with Gasteiger partial charge in [-0.15, -0.1) is 0 Å². The van der Waals surface area contributed by atoms with E-state index in [0.717, 1.165) is 22.6 Å². The van der Waals surface area contributed by atoms with Gasteiger partial charge in [-0.3, -0.25) is 0 Å². The van der Waals surface area contributed by atoms with Crippen LogP contribution in [-0.4, -0.2) is 13.7 Å². The molecule has 0 bridgehead atoms. The van der Waals surface area contributed by atoms with Crippen LogP contribution in [0, 0.1) is 0 Å². The minimum Gasteiger partial charge on any atom is -0.493 e. The first-order chi connectivity index (χ1) is 7.69. The van der Waals surface area contributed by atoms with E-state index < -0.39 is 0 Å². The predicted octanol–water partition coefficient (Wildman–Crippen LogP) is 4.15. The number of rotatable bonds is 4. The average Bonchev–Trinajstić information content (AvgIpc) is 2.32. The summed E-state index contributed by atoms with van der Waals surface area (Å²) in [5, 5.41) is 0. The molecule has 0 N–H and O–H groups in total. The van der Waals surface area contributed by atoms with Crippen molar-refractivity contribution in [2.75, 3.05) is 13.7 Å². The molecule has 2 heteroatoms. The fraction of sp³-hybridized carbons (Fsp3) is 0.429. The van der Waals surface area contributed by atoms with Crippen LogP contribution in [0.5, 0.6) is 11.5 Å². The second-order valence-corrected chi connectivity index (χ2v) is 3.08. The largest absolute Gasteiger partial charge is 0.493 e. The maximum absolute atomic E-state index is 5.45. The summed E-state index contributed by atoms with van der Waals surface area (Å²) in [6.07, 6.45) is 0. The van der Waals surface area contributed by atoms with E-state index in [2.05, 4.69) is 6.58 Å². The van der Waals surface area contributed by atoms with Crippen LogP contribution in [0.4, 0.5) is 0 Å². The summed E-state index contributed by atoms with van der Waals surface area (Å²) in [5.74, 6) is 1.53. The van der Waals surface area contributed by atoms with Crippen LogP contribution < -0.4 is 9.47 Å². The normalized spacial score (nSPS) is 8.81. The van der Waals surface area contributed by atoms with Gasteiger partial charge in [-0.1, -0.05) is 32.1 Å². The Labute approximate surface area is 98.9 Å². The molecular weight excluding hydrogens is 200 g/mol. The molecule has 1 aromatic rings. The zero-order valence-electron chi connectivity index (χ0n) is 11.0. The molecule has 90 valence electrons. The molecule has 0 atom stereocenters. The average molecular weight is 222 g/mol. The van der Waals surface area contributed by atoms with E-state index in [0.29, 0.717) is 6.61 Å². The molecule has 0 aliphatic rings. The van der Waals surface area contributed by atoms with Gasteiger partial charge in [-0.2, -0.15) is 0 Å². The number of ether oxygens (including phenoxy) is 2. The molecule has 0 heterocycles. The van der Waals surface area contributed by atoms with Crippen LogP contribution in [0.1, 0.15) is 33.3 Å². The first-order valence-corrected chi connectivity index (χ1v) is 5.65. The molecule has 16 heavy (non-hydrogen) atoms. The SMILES string of the molecule is C=C(C)c1ccc(OC)c(OCC)c1.CC. The molecule has 0 aromatic heterocycles. The lowest BCUT2D eigenvalue weighted by atomic mass is 10.1. The molecule has 0 fully saturated rings. The van der Waals surface area contributed by atoms with E-state index in [-0.39, 0.29) is 0 Å². The van der Waals surface area contributed by atoms with E-state index in [1.807, 2.05) is 45.9 Å². The molecule has 0 spiro atoms. The molecule has 1 rings (SSSR count). The third-order valence-corrected chi connectivity index (χ3v) is 1.96. The van der Waals surface area contributed by atoms with Crippen LogP contribution >= 0.6 is 0 Å². The third kappa shape index (κ3) is 3.97. The Balaban J connectivity index is 0.00000106. The minimum absolute atomic E-state index is 0.635. The summed E-state index contributed by atoms with van der Waals surface area (Å²) in [7, 11) is 1.64. The third-order valence-electron chi connectivity index (χ3n) is 1.96. The van der Waals surface area contributed by atoms with Crippen molar-refractivity contribution >= 4 is 5.57 Å². The van der Waals surface area contributed by atoms with Gasteiger partial charge in [0.25, 0.3) is 0 Å². The van der Waals surface area contributed by atoms with Crippen molar-refractivity contribution < 1.29 is 9.47 Å². The van der Waals surface area contributed by atoms with Gasteiger partial charge in [0.1, 0.15) is 0 Å². The standard InChI is InChI=1S/C12H16O2.C2H6/c1-5-14-12-8-10(9(2)3)6-7-11(12)13-4;1-2/h6-8H,2,5H2,1,3-4H3;1-2H3. The summed E-state index contributed by atoms with van der Waals surface area (Å²) in [6.45, 7) is 12.4. The van der Waals surface area contributed by atoms with Crippen molar-refractivity contribution in [3.8, 4) is 11.5 Å². The smallest absolute Gasteiger partial charge is 0.161 e. The van der Waals surface area contributed by atoms with Gasteiger partial charge < -0.3 is 9.47 Å². The lowest BCUT2D eigenvalue weighted by Crippen LogP contribution is -1.95. The zero-order valence-corrected chi connectivity index (χ0v) is 11.0. The first-order valence-electron chi connectivity index (χ1n) is 5.65. The lowest BCUT2D eigenvalue weighted by molar-refractivity contribution is 0.311. The molecule has 1 aromatic carbocycles. The monoisotopic (exact) mass is 222 g/mol. The summed E-state index contributed by atoms with van der Waals surface area (Å²) in [4.78, 5) is 0. The van der Waals surface area contributed by atoms with E-state index in [1.54, 1.807) is 7.11 Å². The number of benzene rings is 1. The minimum atomic E-state index is 0.635. The molecule has 0 unspecified atom stereocenters. The molecule has 0 saturated heterocycles. The lowest BCUT2D eigenvalue weighted by Gasteiger charge is -2.10. The summed E-state index contributed by atoms with van der Waals surface area (Å²) < 4.78 is 10.6. The van der Waals surface area contributed by atoms with Gasteiger partial charge >= 0.3 is 0 Å². The Bertz CT molecular complexity index is 330. The maximum atomic E-state index is 5.45. The van der Waals surface area contributed by atoms with Crippen molar-refractivity contribution in [1.82, 2.24) is 0 Å². The Morgan fingerprint density at radius 1 is 1.25 bits per heavy atom. The molecule has 2 nitrogen and oxygen atoms in total. The van der Waals surface area contributed by atoms with Gasteiger partial charge in [0, 0.05) is 0 Å². The van der Waals surface area contributed by atoms with Gasteiger partial charge in [0.2, 0.25) is 0 Å². The second kappa shape index (κ2) is 7.80. The highest BCUT2D eigenvalue weighted by Crippen LogP contribution is 2.29. The van der Waals surface area contributed by atoms with Crippen molar-refractivity contribution in [2.45, 2.75) is 27.7 Å². The summed E-state index contributed by atoms with van der Waals surface area (Å²) in [6, 6.07) is 5.82. The van der Waals surface area contributed by atoms with E-state index in [9.17, 15) is 0 Å². The van der Waals surface area contributed by atoms with E-state index in [4.69, 9.17) is 9.47 Å². The van der Waals surface area contributed by atoms with Crippen LogP contribution in [-0.2, 0) is 0 Å². The van der Waals surface area contributed by atoms with Gasteiger partial charge in [-0.05, 0) is 31.5 Å². The molecule has 0 amide bonds. The molecular formula is C14H22O2. The number of allylic oxidation sites excluding steroid dienone is 1. The highest BCUT2D eigenvalue weighted by Gasteiger charge is 2.04. The molecule has 0 radical (unpaired) electrons. The van der Waals surface area contributed by atoms with E-state index >= 15 is 0 Å². The highest BCUT2D eigenvalue weighted by atomic mass is 16.5. The van der Waals surface area contributed by atoms with Gasteiger partial charge in [-0.25, -0.2) is 0 Å². The summed E-state index contributed by atoms with van der Waals surface area (Å²) in [5.41, 5.74) is 2.10. The van der Waals surface area contributed by atoms with Crippen LogP contribution in [0.2, 0.25) is 0 Å². The maximum Gasteiger partial charge on any atom is 0.161 e. The number of hydrogen-bond donors (Lipinski definition) is 0. The predicted molar refractivity (Wildman–Crippen MR) is 70.2 cm³/mol. The fourth-order valence-corrected chi connectivity index (χ4v) is 1.21. The second-order valence-electron chi connectivity index (χ2n) is 3.08. The van der Waals surface area contributed by atoms with Crippen LogP contribution in [0.25, 0.3) is 5.57 Å². The van der Waals surface area contributed by atoms with E-state index in [1.165, 1.54) is 0 Å². The molecule has 0 saturated carbocycles. The zero-order chi connectivity index (χ0) is 12.6. The highest BCUT2D eigenvalue weighted by molar-refractivity contribution is 5.64.